The molecule has 0 bridgehead atoms. The predicted molar refractivity (Wildman–Crippen MR) is 109 cm³/mol. The first-order valence-electron chi connectivity index (χ1n) is 10.0. The fourth-order valence-electron chi connectivity index (χ4n) is 4.93. The van der Waals surface area contributed by atoms with Gasteiger partial charge in [-0.25, -0.2) is 0 Å². The summed E-state index contributed by atoms with van der Waals surface area (Å²) in [7, 11) is 0. The maximum Gasteiger partial charge on any atom is 0 e. The number of benzene rings is 2. The first-order chi connectivity index (χ1) is 12.1. The van der Waals surface area contributed by atoms with Crippen LogP contribution in [0.1, 0.15) is 66.3 Å². The van der Waals surface area contributed by atoms with E-state index in [0.717, 1.165) is 5.92 Å². The van der Waals surface area contributed by atoms with Crippen LogP contribution in [0.2, 0.25) is 0 Å². The zero-order chi connectivity index (χ0) is 17.4. The molecule has 0 N–H and O–H groups in total. The Labute approximate surface area is 178 Å². The third kappa shape index (κ3) is 4.14. The Morgan fingerprint density at radius 3 is 2.27 bits per heavy atom. The zero-order valence-electron chi connectivity index (χ0n) is 16.5. The number of rotatable bonds is 3. The van der Waals surface area contributed by atoms with E-state index in [4.69, 9.17) is 0 Å². The molecule has 0 amide bonds. The molecule has 2 aromatic carbocycles. The molecular formula is C25H30Zr. The zero-order valence-corrected chi connectivity index (χ0v) is 18.9. The molecular weight excluding hydrogens is 391 g/mol. The summed E-state index contributed by atoms with van der Waals surface area (Å²) in [5, 5.41) is 0. The molecule has 0 heterocycles. The number of allylic oxidation sites excluding steroid dienone is 1. The first-order valence-corrected chi connectivity index (χ1v) is 10.0. The van der Waals surface area contributed by atoms with E-state index in [0.29, 0.717) is 0 Å². The summed E-state index contributed by atoms with van der Waals surface area (Å²) in [5.74, 6) is 0.930. The third-order valence-electron chi connectivity index (χ3n) is 6.15. The van der Waals surface area contributed by atoms with E-state index in [9.17, 15) is 0 Å². The van der Waals surface area contributed by atoms with Crippen molar-refractivity contribution in [2.45, 2.75) is 65.7 Å². The second kappa shape index (κ2) is 8.39. The largest absolute Gasteiger partial charge is 0.0649 e. The van der Waals surface area contributed by atoms with Gasteiger partial charge >= 0.3 is 0 Å². The van der Waals surface area contributed by atoms with Crippen molar-refractivity contribution in [3.8, 4) is 11.1 Å². The van der Waals surface area contributed by atoms with Crippen molar-refractivity contribution in [3.05, 3.63) is 63.7 Å². The monoisotopic (exact) mass is 420 g/mol. The van der Waals surface area contributed by atoms with Crippen LogP contribution in [0.25, 0.3) is 17.2 Å². The summed E-state index contributed by atoms with van der Waals surface area (Å²) in [6, 6.07) is 11.6. The maximum atomic E-state index is 2.53. The van der Waals surface area contributed by atoms with Crippen LogP contribution in [0, 0.1) is 26.7 Å². The standard InChI is InChI=1S/C25H30.Zr/c1-17-11-18(2)13-22(12-17)23-10-9-19(3)24-15-21(16-25(23)24)14-20-7-5-4-6-8-20;/h9-13,16,20H,4-8,14-15H2,1-3H3;. The van der Waals surface area contributed by atoms with E-state index in [-0.39, 0.29) is 26.2 Å². The average molecular weight is 422 g/mol. The van der Waals surface area contributed by atoms with Gasteiger partial charge in [0.05, 0.1) is 0 Å². The van der Waals surface area contributed by atoms with Crippen LogP contribution in [0.3, 0.4) is 0 Å². The summed E-state index contributed by atoms with van der Waals surface area (Å²) in [6.45, 7) is 6.69. The predicted octanol–water partition coefficient (Wildman–Crippen LogP) is 7.19. The van der Waals surface area contributed by atoms with Crippen LogP contribution < -0.4 is 0 Å². The van der Waals surface area contributed by atoms with Gasteiger partial charge in [-0.05, 0) is 67.3 Å². The van der Waals surface area contributed by atoms with Crippen molar-refractivity contribution >= 4 is 6.08 Å². The van der Waals surface area contributed by atoms with Gasteiger partial charge in [0.15, 0.2) is 0 Å². The fourth-order valence-corrected chi connectivity index (χ4v) is 4.93. The van der Waals surface area contributed by atoms with E-state index in [1.54, 1.807) is 11.1 Å². The van der Waals surface area contributed by atoms with Gasteiger partial charge in [-0.2, -0.15) is 0 Å². The number of hydrogen-bond acceptors (Lipinski definition) is 0. The van der Waals surface area contributed by atoms with Crippen molar-refractivity contribution in [1.82, 2.24) is 0 Å². The van der Waals surface area contributed by atoms with Crippen LogP contribution in [-0.2, 0) is 32.6 Å². The minimum absolute atomic E-state index is 0. The van der Waals surface area contributed by atoms with Crippen molar-refractivity contribution in [1.29, 1.82) is 0 Å². The molecule has 0 unspecified atom stereocenters. The smallest absolute Gasteiger partial charge is 0 e. The molecule has 4 rings (SSSR count). The molecule has 1 heteroatoms. The molecule has 134 valence electrons. The minimum Gasteiger partial charge on any atom is -0.0649 e. The number of hydrogen-bond donors (Lipinski definition) is 0. The van der Waals surface area contributed by atoms with Gasteiger partial charge in [-0.3, -0.25) is 0 Å². The molecule has 0 nitrogen and oxygen atoms in total. The van der Waals surface area contributed by atoms with E-state index >= 15 is 0 Å². The molecule has 0 aromatic heterocycles. The number of aryl methyl sites for hydroxylation is 3. The normalized spacial score (nSPS) is 16.8. The molecule has 0 saturated heterocycles. The van der Waals surface area contributed by atoms with Gasteiger partial charge in [0.2, 0.25) is 0 Å². The molecule has 1 saturated carbocycles. The van der Waals surface area contributed by atoms with E-state index < -0.39 is 0 Å². The van der Waals surface area contributed by atoms with Crippen LogP contribution in [-0.4, -0.2) is 0 Å². The Hall–Kier alpha value is -0.937. The van der Waals surface area contributed by atoms with Gasteiger partial charge < -0.3 is 0 Å². The summed E-state index contributed by atoms with van der Waals surface area (Å²) in [6.07, 6.45) is 12.2. The average Bonchev–Trinajstić information content (AvgIpc) is 2.99. The van der Waals surface area contributed by atoms with Crippen LogP contribution >= 0.6 is 0 Å². The Kier molecular flexibility index (Phi) is 6.39. The van der Waals surface area contributed by atoms with Crippen molar-refractivity contribution in [3.63, 3.8) is 0 Å². The Morgan fingerprint density at radius 1 is 0.885 bits per heavy atom. The molecule has 2 aliphatic carbocycles. The molecule has 2 aromatic rings. The van der Waals surface area contributed by atoms with Crippen LogP contribution in [0.5, 0.6) is 0 Å². The quantitative estimate of drug-likeness (QED) is 0.492. The van der Waals surface area contributed by atoms with Crippen molar-refractivity contribution < 1.29 is 26.2 Å². The van der Waals surface area contributed by atoms with Crippen LogP contribution in [0.4, 0.5) is 0 Å². The number of fused-ring (bicyclic) bond motifs is 1. The summed E-state index contributed by atoms with van der Waals surface area (Å²) >= 11 is 0. The topological polar surface area (TPSA) is 0 Å². The Balaban J connectivity index is 0.00000196. The van der Waals surface area contributed by atoms with Gasteiger partial charge in [-0.1, -0.05) is 85.2 Å². The minimum atomic E-state index is 0. The van der Waals surface area contributed by atoms with Gasteiger partial charge in [-0.15, -0.1) is 0 Å². The van der Waals surface area contributed by atoms with E-state index in [1.807, 2.05) is 0 Å². The van der Waals surface area contributed by atoms with Crippen molar-refractivity contribution in [2.24, 2.45) is 5.92 Å². The molecule has 0 atom stereocenters. The van der Waals surface area contributed by atoms with E-state index in [2.05, 4.69) is 57.2 Å². The molecule has 1 fully saturated rings. The second-order valence-corrected chi connectivity index (χ2v) is 8.39. The first kappa shape index (κ1) is 19.8. The molecule has 2 aliphatic rings. The Morgan fingerprint density at radius 2 is 1.58 bits per heavy atom. The SMILES string of the molecule is Cc1cc(C)cc(-c2ccc(C)c3c2C=C(CC2CCCCC2)C3)c1.[Zr]. The van der Waals surface area contributed by atoms with E-state index in [1.165, 1.54) is 78.3 Å². The van der Waals surface area contributed by atoms with Gasteiger partial charge in [0.25, 0.3) is 0 Å². The fraction of sp³-hybridized carbons (Fsp3) is 0.440. The molecule has 0 aliphatic heterocycles. The molecule has 26 heavy (non-hydrogen) atoms. The summed E-state index contributed by atoms with van der Waals surface area (Å²) < 4.78 is 0. The van der Waals surface area contributed by atoms with Crippen LogP contribution in [0.15, 0.2) is 35.9 Å². The molecule has 0 radical (unpaired) electrons. The Bertz CT molecular complexity index is 802. The summed E-state index contributed by atoms with van der Waals surface area (Å²) in [5.41, 5.74) is 11.7. The van der Waals surface area contributed by atoms with Gasteiger partial charge in [0.1, 0.15) is 0 Å². The maximum absolute atomic E-state index is 2.53. The molecule has 0 spiro atoms. The third-order valence-corrected chi connectivity index (χ3v) is 6.15. The van der Waals surface area contributed by atoms with Gasteiger partial charge in [0, 0.05) is 26.2 Å². The van der Waals surface area contributed by atoms with Crippen molar-refractivity contribution in [2.75, 3.05) is 0 Å². The summed E-state index contributed by atoms with van der Waals surface area (Å²) in [4.78, 5) is 0. The second-order valence-electron chi connectivity index (χ2n) is 8.39.